The molecule has 0 aromatic rings. The highest BCUT2D eigenvalue weighted by Gasteiger charge is 2.33. The van der Waals surface area contributed by atoms with E-state index in [1.165, 1.54) is 0 Å². The molecular formula is C7H14O4. The van der Waals surface area contributed by atoms with Crippen LogP contribution in [0.4, 0.5) is 0 Å². The van der Waals surface area contributed by atoms with Crippen molar-refractivity contribution in [3.05, 3.63) is 0 Å². The maximum Gasteiger partial charge on any atom is 0.157 e. The monoisotopic (exact) mass is 162 g/mol. The molecule has 0 aromatic carbocycles. The first-order valence-electron chi connectivity index (χ1n) is 3.63. The van der Waals surface area contributed by atoms with Gasteiger partial charge < -0.3 is 19.3 Å². The average molecular weight is 162 g/mol. The highest BCUT2D eigenvalue weighted by molar-refractivity contribution is 4.78. The number of aliphatic hydroxyl groups excluding tert-OH is 1. The lowest BCUT2D eigenvalue weighted by Crippen LogP contribution is -2.27. The molecule has 0 amide bonds. The van der Waals surface area contributed by atoms with Gasteiger partial charge in [-0.05, 0) is 0 Å². The molecule has 1 saturated heterocycles. The smallest absolute Gasteiger partial charge is 0.157 e. The fourth-order valence-electron chi connectivity index (χ4n) is 1.25. The fourth-order valence-corrected chi connectivity index (χ4v) is 1.25. The number of ether oxygens (including phenoxy) is 3. The van der Waals surface area contributed by atoms with E-state index in [9.17, 15) is 0 Å². The number of aliphatic hydroxyl groups is 1. The predicted molar refractivity (Wildman–Crippen MR) is 38.2 cm³/mol. The second-order valence-corrected chi connectivity index (χ2v) is 2.59. The van der Waals surface area contributed by atoms with Crippen LogP contribution in [0.1, 0.15) is 6.42 Å². The molecule has 11 heavy (non-hydrogen) atoms. The topological polar surface area (TPSA) is 47.9 Å². The Kier molecular flexibility index (Phi) is 3.26. The fraction of sp³-hybridized carbons (Fsp3) is 1.00. The standard InChI is InChI=1S/C7H14O4/c1-9-4-6-5(10-2)3-7(8)11-6/h5-8H,3-4H2,1-2H3/t5-,6+,7-/m0/s1. The molecule has 1 rings (SSSR count). The zero-order chi connectivity index (χ0) is 8.27. The summed E-state index contributed by atoms with van der Waals surface area (Å²) in [7, 11) is 3.20. The van der Waals surface area contributed by atoms with Crippen molar-refractivity contribution < 1.29 is 19.3 Å². The maximum atomic E-state index is 9.07. The second kappa shape index (κ2) is 4.01. The Morgan fingerprint density at radius 2 is 2.27 bits per heavy atom. The van der Waals surface area contributed by atoms with Crippen molar-refractivity contribution in [2.75, 3.05) is 20.8 Å². The molecule has 0 aliphatic carbocycles. The van der Waals surface area contributed by atoms with Crippen LogP contribution in [0.5, 0.6) is 0 Å². The lowest BCUT2D eigenvalue weighted by Gasteiger charge is -2.14. The summed E-state index contributed by atoms with van der Waals surface area (Å²) < 4.78 is 15.1. The summed E-state index contributed by atoms with van der Waals surface area (Å²) in [6.07, 6.45) is -0.324. The summed E-state index contributed by atoms with van der Waals surface area (Å²) in [4.78, 5) is 0. The van der Waals surface area contributed by atoms with Crippen LogP contribution in [-0.4, -0.2) is 44.4 Å². The van der Waals surface area contributed by atoms with Gasteiger partial charge in [0.2, 0.25) is 0 Å². The lowest BCUT2D eigenvalue weighted by atomic mass is 10.2. The summed E-state index contributed by atoms with van der Waals surface area (Å²) in [6.45, 7) is 0.468. The summed E-state index contributed by atoms with van der Waals surface area (Å²) in [6, 6.07) is 0. The summed E-state index contributed by atoms with van der Waals surface area (Å²) in [5.41, 5.74) is 0. The molecule has 4 nitrogen and oxygen atoms in total. The minimum absolute atomic E-state index is 0.0371. The first-order chi connectivity index (χ1) is 5.27. The van der Waals surface area contributed by atoms with Crippen molar-refractivity contribution in [1.82, 2.24) is 0 Å². The normalized spacial score (nSPS) is 37.9. The van der Waals surface area contributed by atoms with E-state index >= 15 is 0 Å². The SMILES string of the molecule is COC[C@H]1O[C@H](O)C[C@@H]1OC. The predicted octanol–water partition coefficient (Wildman–Crippen LogP) is -0.245. The number of hydrogen-bond donors (Lipinski definition) is 1. The van der Waals surface area contributed by atoms with Gasteiger partial charge in [0.1, 0.15) is 6.10 Å². The molecule has 1 heterocycles. The molecule has 0 spiro atoms. The number of hydrogen-bond acceptors (Lipinski definition) is 4. The molecule has 0 radical (unpaired) electrons. The summed E-state index contributed by atoms with van der Waals surface area (Å²) in [5, 5.41) is 9.07. The molecule has 4 heteroatoms. The highest BCUT2D eigenvalue weighted by atomic mass is 16.6. The van der Waals surface area contributed by atoms with Crippen LogP contribution >= 0.6 is 0 Å². The van der Waals surface area contributed by atoms with Crippen molar-refractivity contribution in [3.63, 3.8) is 0 Å². The van der Waals surface area contributed by atoms with E-state index in [2.05, 4.69) is 0 Å². The van der Waals surface area contributed by atoms with Crippen LogP contribution in [0.25, 0.3) is 0 Å². The van der Waals surface area contributed by atoms with Gasteiger partial charge in [0.05, 0.1) is 12.7 Å². The molecule has 0 saturated carbocycles. The Hall–Kier alpha value is -0.160. The average Bonchev–Trinajstić information content (AvgIpc) is 2.32. The van der Waals surface area contributed by atoms with Gasteiger partial charge in [-0.2, -0.15) is 0 Å². The zero-order valence-electron chi connectivity index (χ0n) is 6.82. The van der Waals surface area contributed by atoms with Gasteiger partial charge in [0.15, 0.2) is 6.29 Å². The van der Waals surface area contributed by atoms with Crippen molar-refractivity contribution in [1.29, 1.82) is 0 Å². The van der Waals surface area contributed by atoms with Crippen LogP contribution in [0.15, 0.2) is 0 Å². The molecule has 0 bridgehead atoms. The Bertz CT molecular complexity index is 117. The van der Waals surface area contributed by atoms with Crippen LogP contribution in [0.2, 0.25) is 0 Å². The van der Waals surface area contributed by atoms with E-state index < -0.39 is 6.29 Å². The van der Waals surface area contributed by atoms with Crippen molar-refractivity contribution in [2.24, 2.45) is 0 Å². The molecule has 1 N–H and O–H groups in total. The third-order valence-corrected chi connectivity index (χ3v) is 1.81. The van der Waals surface area contributed by atoms with E-state index in [1.54, 1.807) is 14.2 Å². The summed E-state index contributed by atoms with van der Waals surface area (Å²) >= 11 is 0. The molecule has 0 aromatic heterocycles. The zero-order valence-corrected chi connectivity index (χ0v) is 6.82. The summed E-state index contributed by atoms with van der Waals surface area (Å²) in [5.74, 6) is 0. The van der Waals surface area contributed by atoms with E-state index in [4.69, 9.17) is 19.3 Å². The molecule has 66 valence electrons. The van der Waals surface area contributed by atoms with Gasteiger partial charge in [-0.3, -0.25) is 0 Å². The molecule has 1 aliphatic heterocycles. The van der Waals surface area contributed by atoms with E-state index in [0.29, 0.717) is 13.0 Å². The maximum absolute atomic E-state index is 9.07. The molecule has 0 unspecified atom stereocenters. The Morgan fingerprint density at radius 1 is 1.55 bits per heavy atom. The molecular weight excluding hydrogens is 148 g/mol. The lowest BCUT2D eigenvalue weighted by molar-refractivity contribution is -0.113. The van der Waals surface area contributed by atoms with Gasteiger partial charge in [0.25, 0.3) is 0 Å². The van der Waals surface area contributed by atoms with E-state index in [-0.39, 0.29) is 12.2 Å². The van der Waals surface area contributed by atoms with Gasteiger partial charge >= 0.3 is 0 Å². The van der Waals surface area contributed by atoms with Crippen LogP contribution in [-0.2, 0) is 14.2 Å². The highest BCUT2D eigenvalue weighted by Crippen LogP contribution is 2.20. The van der Waals surface area contributed by atoms with Crippen molar-refractivity contribution in [3.8, 4) is 0 Å². The van der Waals surface area contributed by atoms with Gasteiger partial charge in [-0.1, -0.05) is 0 Å². The van der Waals surface area contributed by atoms with Crippen LogP contribution < -0.4 is 0 Å². The third kappa shape index (κ3) is 2.13. The molecule has 3 atom stereocenters. The third-order valence-electron chi connectivity index (χ3n) is 1.81. The molecule has 1 fully saturated rings. The van der Waals surface area contributed by atoms with Crippen LogP contribution in [0, 0.1) is 0 Å². The quantitative estimate of drug-likeness (QED) is 0.622. The number of rotatable bonds is 3. The molecule has 1 aliphatic rings. The van der Waals surface area contributed by atoms with Gasteiger partial charge in [-0.25, -0.2) is 0 Å². The Balaban J connectivity index is 2.37. The Labute approximate surface area is 66.1 Å². The Morgan fingerprint density at radius 3 is 2.82 bits per heavy atom. The van der Waals surface area contributed by atoms with E-state index in [1.807, 2.05) is 0 Å². The van der Waals surface area contributed by atoms with Gasteiger partial charge in [-0.15, -0.1) is 0 Å². The minimum Gasteiger partial charge on any atom is -0.382 e. The van der Waals surface area contributed by atoms with Crippen molar-refractivity contribution >= 4 is 0 Å². The van der Waals surface area contributed by atoms with Gasteiger partial charge in [0, 0.05) is 20.6 Å². The first kappa shape index (κ1) is 8.93. The van der Waals surface area contributed by atoms with E-state index in [0.717, 1.165) is 0 Å². The van der Waals surface area contributed by atoms with Crippen molar-refractivity contribution in [2.45, 2.75) is 24.9 Å². The number of methoxy groups -OCH3 is 2. The minimum atomic E-state index is -0.694. The first-order valence-corrected chi connectivity index (χ1v) is 3.63. The van der Waals surface area contributed by atoms with Crippen LogP contribution in [0.3, 0.4) is 0 Å². The second-order valence-electron chi connectivity index (χ2n) is 2.59. The largest absolute Gasteiger partial charge is 0.382 e.